The van der Waals surface area contributed by atoms with Gasteiger partial charge in [0.2, 0.25) is 0 Å². The van der Waals surface area contributed by atoms with Crippen LogP contribution in [0.3, 0.4) is 0 Å². The lowest BCUT2D eigenvalue weighted by atomic mass is 10.0. The molecule has 17 heavy (non-hydrogen) atoms. The lowest BCUT2D eigenvalue weighted by molar-refractivity contribution is -0.138. The molecule has 4 nitrogen and oxygen atoms in total. The zero-order chi connectivity index (χ0) is 12.9. The Balaban J connectivity index is 3.02. The van der Waals surface area contributed by atoms with Crippen LogP contribution in [0.1, 0.15) is 24.1 Å². The van der Waals surface area contributed by atoms with E-state index in [4.69, 9.17) is 10.6 Å². The lowest BCUT2D eigenvalue weighted by Crippen LogP contribution is -2.33. The Kier molecular flexibility index (Phi) is 4.86. The van der Waals surface area contributed by atoms with Gasteiger partial charge in [-0.05, 0) is 13.0 Å². The molecule has 0 bridgehead atoms. The molecule has 0 radical (unpaired) electrons. The van der Waals surface area contributed by atoms with Gasteiger partial charge in [0.25, 0.3) is 0 Å². The third-order valence-corrected chi connectivity index (χ3v) is 2.22. The number of aromatic nitrogens is 1. The van der Waals surface area contributed by atoms with E-state index in [1.165, 1.54) is 0 Å². The first-order valence-corrected chi connectivity index (χ1v) is 5.05. The van der Waals surface area contributed by atoms with Crippen molar-refractivity contribution in [3.8, 4) is 0 Å². The molecule has 1 aromatic rings. The fraction of sp³-hybridized carbons (Fsp3) is 0.500. The largest absolute Gasteiger partial charge is 0.416 e. The zero-order valence-corrected chi connectivity index (χ0v) is 9.29. The van der Waals surface area contributed by atoms with Gasteiger partial charge in [0, 0.05) is 24.6 Å². The number of pyridine rings is 1. The average molecular weight is 249 g/mol. The Labute approximate surface area is 96.9 Å². The van der Waals surface area contributed by atoms with Gasteiger partial charge in [0.1, 0.15) is 0 Å². The third-order valence-electron chi connectivity index (χ3n) is 2.22. The number of nitrogens with two attached hydrogens (primary N) is 1. The van der Waals surface area contributed by atoms with Crippen LogP contribution in [0.5, 0.6) is 0 Å². The summed E-state index contributed by atoms with van der Waals surface area (Å²) in [6, 6.07) is 0.186. The summed E-state index contributed by atoms with van der Waals surface area (Å²) in [4.78, 5) is 3.68. The normalized spacial score (nSPS) is 13.7. The second-order valence-corrected chi connectivity index (χ2v) is 3.34. The SMILES string of the molecule is CCOCC(NN)c1cnccc1C(F)(F)F. The van der Waals surface area contributed by atoms with Crippen molar-refractivity contribution < 1.29 is 17.9 Å². The van der Waals surface area contributed by atoms with E-state index in [9.17, 15) is 13.2 Å². The van der Waals surface area contributed by atoms with Gasteiger partial charge in [0.05, 0.1) is 18.2 Å². The topological polar surface area (TPSA) is 60.2 Å². The van der Waals surface area contributed by atoms with Crippen LogP contribution >= 0.6 is 0 Å². The maximum Gasteiger partial charge on any atom is 0.416 e. The molecule has 0 aliphatic heterocycles. The highest BCUT2D eigenvalue weighted by molar-refractivity contribution is 5.29. The van der Waals surface area contributed by atoms with Crippen molar-refractivity contribution in [3.63, 3.8) is 0 Å². The maximum absolute atomic E-state index is 12.7. The molecule has 0 aliphatic rings. The highest BCUT2D eigenvalue weighted by Crippen LogP contribution is 2.33. The van der Waals surface area contributed by atoms with E-state index in [0.29, 0.717) is 6.61 Å². The molecular formula is C10H14F3N3O. The molecule has 0 amide bonds. The van der Waals surface area contributed by atoms with Crippen LogP contribution in [0.15, 0.2) is 18.5 Å². The summed E-state index contributed by atoms with van der Waals surface area (Å²) in [5.74, 6) is 5.23. The fourth-order valence-electron chi connectivity index (χ4n) is 1.41. The number of rotatable bonds is 5. The Morgan fingerprint density at radius 2 is 2.24 bits per heavy atom. The summed E-state index contributed by atoms with van der Waals surface area (Å²) in [5, 5.41) is 0. The van der Waals surface area contributed by atoms with Gasteiger partial charge in [-0.15, -0.1) is 0 Å². The van der Waals surface area contributed by atoms with E-state index in [1.54, 1.807) is 6.92 Å². The molecule has 96 valence electrons. The number of ether oxygens (including phenoxy) is 1. The predicted octanol–water partition coefficient (Wildman–Crippen LogP) is 1.64. The van der Waals surface area contributed by atoms with Crippen molar-refractivity contribution in [2.45, 2.75) is 19.1 Å². The first-order chi connectivity index (χ1) is 8.00. The van der Waals surface area contributed by atoms with Crippen molar-refractivity contribution in [1.82, 2.24) is 10.4 Å². The molecule has 1 unspecified atom stereocenters. The Bertz CT molecular complexity index is 357. The number of halogens is 3. The zero-order valence-electron chi connectivity index (χ0n) is 9.29. The molecule has 0 aromatic carbocycles. The summed E-state index contributed by atoms with van der Waals surface area (Å²) in [7, 11) is 0. The summed E-state index contributed by atoms with van der Waals surface area (Å²) in [6.07, 6.45) is -2.19. The molecule has 1 aromatic heterocycles. The van der Waals surface area contributed by atoms with Crippen LogP contribution in [-0.4, -0.2) is 18.2 Å². The summed E-state index contributed by atoms with van der Waals surface area (Å²) in [6.45, 7) is 2.21. The molecule has 0 fully saturated rings. The minimum Gasteiger partial charge on any atom is -0.380 e. The highest BCUT2D eigenvalue weighted by atomic mass is 19.4. The molecule has 0 aliphatic carbocycles. The molecule has 7 heteroatoms. The van der Waals surface area contributed by atoms with Gasteiger partial charge in [-0.3, -0.25) is 16.3 Å². The van der Waals surface area contributed by atoms with Crippen LogP contribution in [0.25, 0.3) is 0 Å². The quantitative estimate of drug-likeness (QED) is 0.615. The van der Waals surface area contributed by atoms with Crippen LogP contribution in [0.2, 0.25) is 0 Å². The highest BCUT2D eigenvalue weighted by Gasteiger charge is 2.35. The van der Waals surface area contributed by atoms with E-state index < -0.39 is 17.8 Å². The van der Waals surface area contributed by atoms with Crippen molar-refractivity contribution in [2.24, 2.45) is 5.84 Å². The Morgan fingerprint density at radius 1 is 1.53 bits per heavy atom. The summed E-state index contributed by atoms with van der Waals surface area (Å²) >= 11 is 0. The summed E-state index contributed by atoms with van der Waals surface area (Å²) < 4.78 is 43.3. The molecule has 0 saturated heterocycles. The average Bonchev–Trinajstić information content (AvgIpc) is 2.29. The molecule has 1 atom stereocenters. The number of nitrogens with zero attached hydrogens (tertiary/aromatic N) is 1. The molecule has 1 rings (SSSR count). The van der Waals surface area contributed by atoms with Gasteiger partial charge in [-0.25, -0.2) is 0 Å². The van der Waals surface area contributed by atoms with Gasteiger partial charge in [-0.1, -0.05) is 0 Å². The van der Waals surface area contributed by atoms with E-state index in [-0.39, 0.29) is 12.2 Å². The lowest BCUT2D eigenvalue weighted by Gasteiger charge is -2.20. The molecular weight excluding hydrogens is 235 g/mol. The molecule has 1 heterocycles. The number of hydrogen-bond donors (Lipinski definition) is 2. The Hall–Kier alpha value is -1.18. The number of hydrazine groups is 1. The summed E-state index contributed by atoms with van der Waals surface area (Å²) in [5.41, 5.74) is 1.53. The minimum absolute atomic E-state index is 0.0176. The minimum atomic E-state index is -4.43. The smallest absolute Gasteiger partial charge is 0.380 e. The van der Waals surface area contributed by atoms with Crippen molar-refractivity contribution in [3.05, 3.63) is 29.6 Å². The number of alkyl halides is 3. The molecule has 0 saturated carbocycles. The van der Waals surface area contributed by atoms with Crippen LogP contribution in [0, 0.1) is 0 Å². The van der Waals surface area contributed by atoms with Gasteiger partial charge < -0.3 is 4.74 Å². The monoisotopic (exact) mass is 249 g/mol. The maximum atomic E-state index is 12.7. The van der Waals surface area contributed by atoms with E-state index in [0.717, 1.165) is 18.5 Å². The molecule has 0 spiro atoms. The van der Waals surface area contributed by atoms with Crippen molar-refractivity contribution >= 4 is 0 Å². The van der Waals surface area contributed by atoms with Crippen molar-refractivity contribution in [2.75, 3.05) is 13.2 Å². The fourth-order valence-corrected chi connectivity index (χ4v) is 1.41. The number of hydrogen-bond acceptors (Lipinski definition) is 4. The van der Waals surface area contributed by atoms with Gasteiger partial charge >= 0.3 is 6.18 Å². The van der Waals surface area contributed by atoms with Crippen LogP contribution < -0.4 is 11.3 Å². The van der Waals surface area contributed by atoms with Crippen LogP contribution in [-0.2, 0) is 10.9 Å². The standard InChI is InChI=1S/C10H14F3N3O/c1-2-17-6-9(16-14)7-5-15-4-3-8(7)10(11,12)13/h3-5,9,16H,2,6,14H2,1H3. The van der Waals surface area contributed by atoms with Crippen LogP contribution in [0.4, 0.5) is 13.2 Å². The second-order valence-electron chi connectivity index (χ2n) is 3.34. The Morgan fingerprint density at radius 3 is 2.76 bits per heavy atom. The van der Waals surface area contributed by atoms with Gasteiger partial charge in [0.15, 0.2) is 0 Å². The second kappa shape index (κ2) is 5.95. The first-order valence-electron chi connectivity index (χ1n) is 5.05. The van der Waals surface area contributed by atoms with E-state index >= 15 is 0 Å². The first kappa shape index (κ1) is 13.9. The number of nitrogens with one attached hydrogen (secondary N) is 1. The van der Waals surface area contributed by atoms with E-state index in [1.807, 2.05) is 0 Å². The van der Waals surface area contributed by atoms with E-state index in [2.05, 4.69) is 10.4 Å². The predicted molar refractivity (Wildman–Crippen MR) is 55.8 cm³/mol. The molecule has 3 N–H and O–H groups in total. The van der Waals surface area contributed by atoms with Crippen molar-refractivity contribution in [1.29, 1.82) is 0 Å². The van der Waals surface area contributed by atoms with Gasteiger partial charge in [-0.2, -0.15) is 13.2 Å². The third kappa shape index (κ3) is 3.65.